The molecule has 92 valence electrons. The predicted molar refractivity (Wildman–Crippen MR) is 58.2 cm³/mol. The molecular formula is C9H16N2O4S. The first-order valence-electron chi connectivity index (χ1n) is 4.91. The Balaban J connectivity index is 2.62. The summed E-state index contributed by atoms with van der Waals surface area (Å²) in [6.45, 7) is 1.85. The molecule has 0 aliphatic carbocycles. The van der Waals surface area contributed by atoms with Crippen LogP contribution in [-0.2, 0) is 19.4 Å². The van der Waals surface area contributed by atoms with Crippen molar-refractivity contribution >= 4 is 21.7 Å². The van der Waals surface area contributed by atoms with E-state index >= 15 is 0 Å². The number of amides is 2. The van der Waals surface area contributed by atoms with Gasteiger partial charge in [0.1, 0.15) is 16.4 Å². The zero-order valence-electron chi connectivity index (χ0n) is 9.63. The molecule has 0 bridgehead atoms. The molecule has 2 amide bonds. The molecule has 1 rings (SSSR count). The average molecular weight is 248 g/mol. The first-order valence-corrected chi connectivity index (χ1v) is 6.97. The lowest BCUT2D eigenvalue weighted by atomic mass is 10.2. The van der Waals surface area contributed by atoms with Gasteiger partial charge in [0, 0.05) is 19.2 Å². The summed E-state index contributed by atoms with van der Waals surface area (Å²) < 4.78 is 22.1. The van der Waals surface area contributed by atoms with Gasteiger partial charge in [0.15, 0.2) is 0 Å². The lowest BCUT2D eigenvalue weighted by Gasteiger charge is -2.19. The molecule has 1 aliphatic rings. The van der Waals surface area contributed by atoms with Gasteiger partial charge in [0.05, 0.1) is 12.4 Å². The fourth-order valence-corrected chi connectivity index (χ4v) is 2.70. The molecule has 7 heteroatoms. The minimum absolute atomic E-state index is 0.0451. The Bertz CT molecular complexity index is 404. The molecule has 6 nitrogen and oxygen atoms in total. The molecule has 0 radical (unpaired) electrons. The summed E-state index contributed by atoms with van der Waals surface area (Å²) in [5, 5.41) is 0. The maximum atomic E-state index is 11.8. The van der Waals surface area contributed by atoms with Crippen molar-refractivity contribution in [2.75, 3.05) is 32.3 Å². The van der Waals surface area contributed by atoms with E-state index in [0.717, 1.165) is 6.26 Å². The zero-order chi connectivity index (χ0) is 12.5. The number of rotatable bonds is 3. The largest absolute Gasteiger partial charge is 0.326 e. The second-order valence-corrected chi connectivity index (χ2v) is 6.45. The second kappa shape index (κ2) is 4.40. The Morgan fingerprint density at radius 2 is 2.06 bits per heavy atom. The molecular weight excluding hydrogens is 232 g/mol. The van der Waals surface area contributed by atoms with Gasteiger partial charge in [0.25, 0.3) is 0 Å². The number of hydrogen-bond acceptors (Lipinski definition) is 4. The van der Waals surface area contributed by atoms with Crippen LogP contribution in [0, 0.1) is 5.92 Å². The Morgan fingerprint density at radius 3 is 2.44 bits per heavy atom. The van der Waals surface area contributed by atoms with E-state index in [-0.39, 0.29) is 30.8 Å². The van der Waals surface area contributed by atoms with Crippen molar-refractivity contribution in [2.24, 2.45) is 5.92 Å². The molecule has 0 saturated carbocycles. The number of likely N-dealkylation sites (N-methyl/N-ethyl adjacent to an activating group) is 1. The zero-order valence-corrected chi connectivity index (χ0v) is 10.5. The van der Waals surface area contributed by atoms with E-state index in [1.807, 2.05) is 0 Å². The van der Waals surface area contributed by atoms with Crippen molar-refractivity contribution in [1.82, 2.24) is 9.80 Å². The van der Waals surface area contributed by atoms with E-state index < -0.39 is 15.8 Å². The smallest absolute Gasteiger partial charge is 0.243 e. The summed E-state index contributed by atoms with van der Waals surface area (Å²) in [4.78, 5) is 25.8. The average Bonchev–Trinajstić information content (AvgIpc) is 2.43. The lowest BCUT2D eigenvalue weighted by molar-refractivity contribution is -0.134. The second-order valence-electron chi connectivity index (χ2n) is 4.26. The van der Waals surface area contributed by atoms with Crippen molar-refractivity contribution in [3.8, 4) is 0 Å². The lowest BCUT2D eigenvalue weighted by Crippen LogP contribution is -2.36. The predicted octanol–water partition coefficient (Wildman–Crippen LogP) is -1.07. The van der Waals surface area contributed by atoms with Crippen molar-refractivity contribution in [3.05, 3.63) is 0 Å². The number of carbonyl (C=O) groups is 2. The summed E-state index contributed by atoms with van der Waals surface area (Å²) in [6.07, 6.45) is 1.10. The fourth-order valence-electron chi connectivity index (χ4n) is 1.65. The van der Waals surface area contributed by atoms with Crippen molar-refractivity contribution < 1.29 is 18.0 Å². The molecule has 1 atom stereocenters. The van der Waals surface area contributed by atoms with Crippen LogP contribution in [0.3, 0.4) is 0 Å². The van der Waals surface area contributed by atoms with E-state index in [0.29, 0.717) is 0 Å². The van der Waals surface area contributed by atoms with Gasteiger partial charge in [0.2, 0.25) is 11.8 Å². The molecule has 1 fully saturated rings. The summed E-state index contributed by atoms with van der Waals surface area (Å²) >= 11 is 0. The Kier molecular flexibility index (Phi) is 3.57. The van der Waals surface area contributed by atoms with Gasteiger partial charge in [-0.25, -0.2) is 8.42 Å². The van der Waals surface area contributed by atoms with Crippen LogP contribution in [0.2, 0.25) is 0 Å². The first-order chi connectivity index (χ1) is 7.20. The number of carbonyl (C=O) groups excluding carboxylic acids is 2. The third-order valence-electron chi connectivity index (χ3n) is 2.42. The first kappa shape index (κ1) is 13.0. The van der Waals surface area contributed by atoms with Crippen LogP contribution in [0.5, 0.6) is 0 Å². The van der Waals surface area contributed by atoms with Gasteiger partial charge in [-0.05, 0) is 0 Å². The van der Waals surface area contributed by atoms with Gasteiger partial charge in [-0.2, -0.15) is 0 Å². The van der Waals surface area contributed by atoms with E-state index in [4.69, 9.17) is 0 Å². The molecule has 1 unspecified atom stereocenters. The summed E-state index contributed by atoms with van der Waals surface area (Å²) in [5.74, 6) is -1.20. The highest BCUT2D eigenvalue weighted by atomic mass is 32.2. The molecule has 0 N–H and O–H groups in total. The van der Waals surface area contributed by atoms with E-state index in [1.165, 1.54) is 9.80 Å². The van der Waals surface area contributed by atoms with Crippen LogP contribution in [-0.4, -0.2) is 62.3 Å². The Labute approximate surface area is 95.1 Å². The van der Waals surface area contributed by atoms with E-state index in [9.17, 15) is 18.0 Å². The molecule has 0 spiro atoms. The highest BCUT2D eigenvalue weighted by Crippen LogP contribution is 2.11. The highest BCUT2D eigenvalue weighted by molar-refractivity contribution is 7.90. The van der Waals surface area contributed by atoms with Gasteiger partial charge in [-0.3, -0.25) is 9.59 Å². The van der Waals surface area contributed by atoms with Crippen molar-refractivity contribution in [2.45, 2.75) is 6.92 Å². The molecule has 0 aromatic heterocycles. The van der Waals surface area contributed by atoms with Crippen LogP contribution in [0.1, 0.15) is 6.92 Å². The topological polar surface area (TPSA) is 74.8 Å². The minimum atomic E-state index is -3.17. The number of nitrogens with zero attached hydrogens (tertiary/aromatic N) is 2. The van der Waals surface area contributed by atoms with Crippen LogP contribution < -0.4 is 0 Å². The molecule has 0 aromatic carbocycles. The van der Waals surface area contributed by atoms with Crippen LogP contribution in [0.25, 0.3) is 0 Å². The summed E-state index contributed by atoms with van der Waals surface area (Å²) in [7, 11) is -1.56. The third-order valence-corrected chi connectivity index (χ3v) is 3.53. The van der Waals surface area contributed by atoms with Gasteiger partial charge in [-0.15, -0.1) is 0 Å². The third kappa shape index (κ3) is 3.19. The molecule has 1 aliphatic heterocycles. The van der Waals surface area contributed by atoms with Crippen molar-refractivity contribution in [3.63, 3.8) is 0 Å². The number of hydrogen-bond donors (Lipinski definition) is 0. The van der Waals surface area contributed by atoms with Gasteiger partial charge in [-0.1, -0.05) is 6.92 Å². The van der Waals surface area contributed by atoms with Crippen LogP contribution >= 0.6 is 0 Å². The van der Waals surface area contributed by atoms with Gasteiger partial charge < -0.3 is 9.80 Å². The van der Waals surface area contributed by atoms with Crippen LogP contribution in [0.4, 0.5) is 0 Å². The minimum Gasteiger partial charge on any atom is -0.326 e. The summed E-state index contributed by atoms with van der Waals surface area (Å²) in [6, 6.07) is 0. The molecule has 16 heavy (non-hydrogen) atoms. The number of sulfone groups is 1. The fraction of sp³-hybridized carbons (Fsp3) is 0.778. The Morgan fingerprint density at radius 1 is 1.50 bits per heavy atom. The highest BCUT2D eigenvalue weighted by Gasteiger charge is 2.31. The van der Waals surface area contributed by atoms with Crippen molar-refractivity contribution in [1.29, 1.82) is 0 Å². The molecule has 1 saturated heterocycles. The quantitative estimate of drug-likeness (QED) is 0.637. The normalized spacial score (nSPS) is 19.1. The standard InChI is InChI=1S/C9H16N2O4S/c1-7(5-16(3,14)15)9(13)11-4-8(12)10(2)6-11/h7H,4-6H2,1-3H3. The molecule has 0 aromatic rings. The maximum absolute atomic E-state index is 11.8. The SMILES string of the molecule is CC(CS(C)(=O)=O)C(=O)N1CC(=O)N(C)C1. The summed E-state index contributed by atoms with van der Waals surface area (Å²) in [5.41, 5.74) is 0. The maximum Gasteiger partial charge on any atom is 0.243 e. The monoisotopic (exact) mass is 248 g/mol. The molecule has 1 heterocycles. The van der Waals surface area contributed by atoms with Crippen LogP contribution in [0.15, 0.2) is 0 Å². The van der Waals surface area contributed by atoms with Gasteiger partial charge >= 0.3 is 0 Å². The van der Waals surface area contributed by atoms with E-state index in [1.54, 1.807) is 14.0 Å². The van der Waals surface area contributed by atoms with E-state index in [2.05, 4.69) is 0 Å². The Hall–Kier alpha value is -1.11.